The smallest absolute Gasteiger partial charge is 0.454 e. The molecule has 7 rings (SSSR count). The van der Waals surface area contributed by atoms with E-state index in [9.17, 15) is 44.4 Å². The molecule has 2 bridgehead atoms. The molecule has 2 saturated carbocycles. The van der Waals surface area contributed by atoms with Crippen LogP contribution in [0.25, 0.3) is 0 Å². The standard InChI is InChI=1S/C42H55NO16/c1-19-25-27(46)31(48)40(8)23(45)17-24-41(18-54-24,58-20(2)44)30(40)33(56-34(49)21-13-10-9-11-14-21)42(39(25,6)7)32(57-37(52)59-42)29(19)55-35(50)28(47)26(22-15-12-16-53-22)43-36(51)38(3,4)5/h9-11,13-14,22-24,26-33,45-48H,12,15-18H2,1-8H3,(H,43,51)/t22?,23-,24+,26-,27+,28+,29+,30?,31+,32-,33?,40+,41-,42+/m0/s1. The van der Waals surface area contributed by atoms with Gasteiger partial charge in [0.05, 0.1) is 42.4 Å². The van der Waals surface area contributed by atoms with Crippen LogP contribution in [0.3, 0.4) is 0 Å². The second-order valence-electron chi connectivity index (χ2n) is 18.5. The molecule has 6 aliphatic rings. The monoisotopic (exact) mass is 829 g/mol. The average molecular weight is 830 g/mol. The topological polar surface area (TPSA) is 243 Å². The number of nitrogens with one attached hydrogen (secondary N) is 1. The van der Waals surface area contributed by atoms with E-state index >= 15 is 0 Å². The van der Waals surface area contributed by atoms with E-state index in [4.69, 9.17) is 33.2 Å². The minimum absolute atomic E-state index is 0.00436. The largest absolute Gasteiger partial charge is 0.509 e. The first-order valence-corrected chi connectivity index (χ1v) is 20.1. The number of amides is 1. The van der Waals surface area contributed by atoms with Gasteiger partial charge in [-0.2, -0.15) is 0 Å². The van der Waals surface area contributed by atoms with Crippen LogP contribution in [0.4, 0.5) is 4.79 Å². The Morgan fingerprint density at radius 3 is 2.25 bits per heavy atom. The van der Waals surface area contributed by atoms with Crippen LogP contribution in [0.1, 0.15) is 85.0 Å². The third-order valence-corrected chi connectivity index (χ3v) is 13.8. The summed E-state index contributed by atoms with van der Waals surface area (Å²) in [5, 5.41) is 51.4. The molecule has 3 heterocycles. The minimum atomic E-state index is -2.27. The molecule has 59 heavy (non-hydrogen) atoms. The maximum Gasteiger partial charge on any atom is 0.509 e. The van der Waals surface area contributed by atoms with E-state index < -0.39 is 124 Å². The van der Waals surface area contributed by atoms with E-state index in [0.29, 0.717) is 19.4 Å². The first-order chi connectivity index (χ1) is 27.5. The van der Waals surface area contributed by atoms with E-state index in [1.807, 2.05) is 0 Å². The van der Waals surface area contributed by atoms with E-state index in [0.717, 1.165) is 6.92 Å². The van der Waals surface area contributed by atoms with Crippen LogP contribution >= 0.6 is 0 Å². The van der Waals surface area contributed by atoms with Gasteiger partial charge in [0.1, 0.15) is 12.2 Å². The van der Waals surface area contributed by atoms with E-state index in [1.165, 1.54) is 26.0 Å². The van der Waals surface area contributed by atoms with Crippen molar-refractivity contribution >= 4 is 30.0 Å². The highest BCUT2D eigenvalue weighted by molar-refractivity contribution is 5.89. The second-order valence-corrected chi connectivity index (χ2v) is 18.5. The number of carbonyl (C=O) groups excluding carboxylic acids is 5. The van der Waals surface area contributed by atoms with Gasteiger partial charge in [-0.05, 0) is 43.0 Å². The van der Waals surface area contributed by atoms with Gasteiger partial charge in [0, 0.05) is 36.2 Å². The number of ether oxygens (including phenoxy) is 7. The summed E-state index contributed by atoms with van der Waals surface area (Å²) in [4.78, 5) is 68.6. The number of aliphatic hydroxyl groups is 4. The van der Waals surface area contributed by atoms with Crippen molar-refractivity contribution in [3.8, 4) is 0 Å². The molecule has 3 unspecified atom stereocenters. The lowest BCUT2D eigenvalue weighted by atomic mass is 9.44. The molecule has 3 aliphatic carbocycles. The van der Waals surface area contributed by atoms with Gasteiger partial charge in [-0.25, -0.2) is 14.4 Å². The van der Waals surface area contributed by atoms with Crippen molar-refractivity contribution in [2.24, 2.45) is 22.2 Å². The van der Waals surface area contributed by atoms with Gasteiger partial charge in [-0.15, -0.1) is 0 Å². The molecule has 1 spiro atoms. The predicted octanol–water partition coefficient (Wildman–Crippen LogP) is 1.65. The van der Waals surface area contributed by atoms with Gasteiger partial charge in [0.15, 0.2) is 30.0 Å². The van der Waals surface area contributed by atoms with Crippen molar-refractivity contribution < 1.29 is 77.6 Å². The molecule has 1 amide bonds. The number of carbonyl (C=O) groups is 5. The summed E-state index contributed by atoms with van der Waals surface area (Å²) in [7, 11) is 0. The van der Waals surface area contributed by atoms with Gasteiger partial charge in [0.25, 0.3) is 0 Å². The molecule has 324 valence electrons. The number of benzene rings is 1. The van der Waals surface area contributed by atoms with Crippen LogP contribution < -0.4 is 5.32 Å². The molecule has 0 aromatic heterocycles. The Balaban J connectivity index is 1.42. The SMILES string of the molecule is CC(=O)O[C@@]12CO[C@@H]1C[C@H](O)[C@]1(C)C2C(OC(=O)c2ccccc2)[C@]23OC(=O)O[C@H]2[C@H](OC(=O)[C@H](O)[C@@H](NC(=O)C(C)(C)C)C2CCCO2)C(C)=C([C@@H](O)[C@H]1O)C3(C)C. The van der Waals surface area contributed by atoms with Crippen LogP contribution in [-0.4, -0.2) is 136 Å². The van der Waals surface area contributed by atoms with Gasteiger partial charge < -0.3 is 58.9 Å². The van der Waals surface area contributed by atoms with Crippen molar-refractivity contribution in [1.29, 1.82) is 0 Å². The Morgan fingerprint density at radius 2 is 1.68 bits per heavy atom. The summed E-state index contributed by atoms with van der Waals surface area (Å²) in [5.74, 6) is -4.92. The van der Waals surface area contributed by atoms with Gasteiger partial charge in [0.2, 0.25) is 11.5 Å². The van der Waals surface area contributed by atoms with Gasteiger partial charge >= 0.3 is 24.1 Å². The third kappa shape index (κ3) is 6.45. The zero-order chi connectivity index (χ0) is 43.2. The van der Waals surface area contributed by atoms with Crippen LogP contribution in [0.15, 0.2) is 41.5 Å². The highest BCUT2D eigenvalue weighted by Gasteiger charge is 2.82. The molecule has 5 N–H and O–H groups in total. The van der Waals surface area contributed by atoms with E-state index in [-0.39, 0.29) is 29.7 Å². The van der Waals surface area contributed by atoms with Gasteiger partial charge in [-0.3, -0.25) is 9.59 Å². The van der Waals surface area contributed by atoms with Crippen molar-refractivity contribution in [3.05, 3.63) is 47.0 Å². The zero-order valence-corrected chi connectivity index (χ0v) is 34.5. The number of esters is 3. The molecule has 3 aliphatic heterocycles. The fraction of sp³-hybridized carbons (Fsp3) is 0.690. The molecule has 5 fully saturated rings. The summed E-state index contributed by atoms with van der Waals surface area (Å²) in [6.45, 7) is 12.3. The Labute approximate surface area is 341 Å². The fourth-order valence-corrected chi connectivity index (χ4v) is 10.7. The van der Waals surface area contributed by atoms with Gasteiger partial charge in [-0.1, -0.05) is 59.7 Å². The maximum atomic E-state index is 14.4. The summed E-state index contributed by atoms with van der Waals surface area (Å²) < 4.78 is 42.6. The highest BCUT2D eigenvalue weighted by atomic mass is 16.8. The normalized spacial score (nSPS) is 39.3. The van der Waals surface area contributed by atoms with Crippen molar-refractivity contribution in [3.63, 3.8) is 0 Å². The molecule has 1 aromatic carbocycles. The molecule has 17 heteroatoms. The molecule has 17 nitrogen and oxygen atoms in total. The molecule has 3 saturated heterocycles. The first kappa shape index (κ1) is 43.0. The average Bonchev–Trinajstić information content (AvgIpc) is 3.83. The van der Waals surface area contributed by atoms with Crippen LogP contribution in [0.5, 0.6) is 0 Å². The summed E-state index contributed by atoms with van der Waals surface area (Å²) in [6, 6.07) is 6.59. The van der Waals surface area contributed by atoms with E-state index in [2.05, 4.69) is 5.32 Å². The number of aliphatic hydroxyl groups excluding tert-OH is 4. The number of hydrogen-bond acceptors (Lipinski definition) is 16. The Bertz CT molecular complexity index is 1900. The number of hydrogen-bond donors (Lipinski definition) is 5. The molecular formula is C42H55NO16. The summed E-state index contributed by atoms with van der Waals surface area (Å²) in [6.07, 6.45) is -14.6. The fourth-order valence-electron chi connectivity index (χ4n) is 10.7. The predicted molar refractivity (Wildman–Crippen MR) is 201 cm³/mol. The van der Waals surface area contributed by atoms with Crippen LogP contribution in [0.2, 0.25) is 0 Å². The Kier molecular flexibility index (Phi) is 10.8. The molecule has 1 aromatic rings. The lowest BCUT2D eigenvalue weighted by Gasteiger charge is -2.68. The van der Waals surface area contributed by atoms with Crippen molar-refractivity contribution in [2.75, 3.05) is 13.2 Å². The van der Waals surface area contributed by atoms with Crippen molar-refractivity contribution in [2.45, 2.75) is 147 Å². The minimum Gasteiger partial charge on any atom is -0.454 e. The molecule has 0 radical (unpaired) electrons. The number of fused-ring (bicyclic) bond motifs is 4. The highest BCUT2D eigenvalue weighted by Crippen LogP contribution is 2.67. The zero-order valence-electron chi connectivity index (χ0n) is 34.5. The van der Waals surface area contributed by atoms with Crippen LogP contribution in [0, 0.1) is 22.2 Å². The summed E-state index contributed by atoms with van der Waals surface area (Å²) in [5.41, 5.74) is -8.28. The lowest BCUT2D eigenvalue weighted by Crippen LogP contribution is -2.83. The summed E-state index contributed by atoms with van der Waals surface area (Å²) >= 11 is 0. The number of rotatable bonds is 8. The quantitative estimate of drug-likeness (QED) is 0.142. The maximum absolute atomic E-state index is 14.4. The molecule has 14 atom stereocenters. The van der Waals surface area contributed by atoms with E-state index in [1.54, 1.807) is 52.8 Å². The second kappa shape index (κ2) is 14.8. The third-order valence-electron chi connectivity index (χ3n) is 13.8. The molecular weight excluding hydrogens is 774 g/mol. The lowest BCUT2D eigenvalue weighted by molar-refractivity contribution is -0.364. The van der Waals surface area contributed by atoms with Crippen LogP contribution in [-0.2, 0) is 47.5 Å². The Hall–Kier alpha value is -4.13. The van der Waals surface area contributed by atoms with Crippen molar-refractivity contribution in [1.82, 2.24) is 5.32 Å². The Morgan fingerprint density at radius 1 is 1.00 bits per heavy atom. The first-order valence-electron chi connectivity index (χ1n) is 20.1.